The molecule has 0 saturated heterocycles. The Kier molecular flexibility index (Phi) is 5.78. The van der Waals surface area contributed by atoms with E-state index in [4.69, 9.17) is 4.74 Å². The number of ether oxygens (including phenoxy) is 1. The van der Waals surface area contributed by atoms with Crippen molar-refractivity contribution in [1.82, 2.24) is 4.98 Å². The summed E-state index contributed by atoms with van der Waals surface area (Å²) in [4.78, 5) is 29.8. The van der Waals surface area contributed by atoms with Crippen LogP contribution in [0.15, 0.2) is 24.5 Å². The number of amides is 1. The number of nitrogens with two attached hydrogens (primary N) is 1. The molecule has 0 saturated carbocycles. The van der Waals surface area contributed by atoms with Crippen LogP contribution in [0.25, 0.3) is 0 Å². The molecular weight excluding hydrogens is 338 g/mol. The number of anilines is 1. The van der Waals surface area contributed by atoms with Crippen LogP contribution in [0.2, 0.25) is 0 Å². The lowest BCUT2D eigenvalue weighted by Gasteiger charge is -2.07. The molecule has 25 heavy (non-hydrogen) atoms. The minimum absolute atomic E-state index is 0.116. The van der Waals surface area contributed by atoms with Crippen molar-refractivity contribution in [3.05, 3.63) is 46.1 Å². The predicted octanol–water partition coefficient (Wildman–Crippen LogP) is 1.51. The Morgan fingerprint density at radius 2 is 2.28 bits per heavy atom. The molecule has 3 N–H and O–H groups in total. The normalized spacial score (nSPS) is 12.7. The number of nitrogens with zero attached hydrogens (tertiary/aromatic N) is 1. The van der Waals surface area contributed by atoms with E-state index in [1.54, 1.807) is 19.3 Å². The SMILES string of the molecule is CCOC(=O)c1c(NC(=O)C[NH2+]Cc2cccnc2)sc2c1CCC2. The summed E-state index contributed by atoms with van der Waals surface area (Å²) in [6.45, 7) is 3.10. The molecular formula is C18H22N3O3S+. The van der Waals surface area contributed by atoms with Gasteiger partial charge in [0.05, 0.1) is 12.2 Å². The number of aryl methyl sites for hydroxylation is 1. The first kappa shape index (κ1) is 17.6. The quantitative estimate of drug-likeness (QED) is 0.733. The molecule has 0 radical (unpaired) electrons. The number of quaternary nitrogens is 1. The number of fused-ring (bicyclic) bond motifs is 1. The number of pyridine rings is 1. The molecule has 0 aliphatic heterocycles. The monoisotopic (exact) mass is 360 g/mol. The fraction of sp³-hybridized carbons (Fsp3) is 0.389. The minimum Gasteiger partial charge on any atom is -0.462 e. The van der Waals surface area contributed by atoms with Gasteiger partial charge in [-0.05, 0) is 37.8 Å². The average Bonchev–Trinajstić information content (AvgIpc) is 3.16. The molecule has 1 aliphatic rings. The number of thiophene rings is 1. The van der Waals surface area contributed by atoms with Gasteiger partial charge >= 0.3 is 5.97 Å². The molecule has 0 aromatic carbocycles. The molecule has 7 heteroatoms. The van der Waals surface area contributed by atoms with Crippen molar-refractivity contribution in [3.8, 4) is 0 Å². The number of hydrogen-bond donors (Lipinski definition) is 2. The molecule has 2 aromatic heterocycles. The van der Waals surface area contributed by atoms with Gasteiger partial charge in [0.2, 0.25) is 0 Å². The summed E-state index contributed by atoms with van der Waals surface area (Å²) in [7, 11) is 0. The maximum atomic E-state index is 12.3. The van der Waals surface area contributed by atoms with E-state index in [9.17, 15) is 9.59 Å². The van der Waals surface area contributed by atoms with Crippen LogP contribution in [-0.4, -0.2) is 30.0 Å². The molecule has 0 bridgehead atoms. The molecule has 0 fully saturated rings. The van der Waals surface area contributed by atoms with Gasteiger partial charge in [0, 0.05) is 22.8 Å². The van der Waals surface area contributed by atoms with E-state index in [1.807, 2.05) is 17.4 Å². The Bertz CT molecular complexity index is 758. The largest absolute Gasteiger partial charge is 0.462 e. The topological polar surface area (TPSA) is 84.9 Å². The van der Waals surface area contributed by atoms with E-state index in [0.717, 1.165) is 30.4 Å². The van der Waals surface area contributed by atoms with E-state index in [0.29, 0.717) is 30.3 Å². The van der Waals surface area contributed by atoms with Crippen LogP contribution in [0.4, 0.5) is 5.00 Å². The molecule has 2 heterocycles. The standard InChI is InChI=1S/C18H21N3O3S/c1-2-24-18(23)16-13-6-3-7-14(13)25-17(16)21-15(22)11-20-10-12-5-4-8-19-9-12/h4-5,8-9,20H,2-3,6-7,10-11H2,1H3,(H,21,22)/p+1. The van der Waals surface area contributed by atoms with Gasteiger partial charge in [-0.15, -0.1) is 11.3 Å². The van der Waals surface area contributed by atoms with Crippen LogP contribution < -0.4 is 10.6 Å². The van der Waals surface area contributed by atoms with E-state index < -0.39 is 0 Å². The summed E-state index contributed by atoms with van der Waals surface area (Å²) in [6, 6.07) is 3.85. The number of carbonyl (C=O) groups excluding carboxylic acids is 2. The van der Waals surface area contributed by atoms with Gasteiger partial charge in [-0.2, -0.15) is 0 Å². The van der Waals surface area contributed by atoms with Crippen LogP contribution in [0.3, 0.4) is 0 Å². The lowest BCUT2D eigenvalue weighted by Crippen LogP contribution is -2.84. The zero-order chi connectivity index (χ0) is 17.6. The van der Waals surface area contributed by atoms with Gasteiger partial charge in [-0.1, -0.05) is 6.07 Å². The number of aromatic nitrogens is 1. The second-order valence-electron chi connectivity index (χ2n) is 5.89. The molecule has 0 unspecified atom stereocenters. The molecule has 0 atom stereocenters. The van der Waals surface area contributed by atoms with Crippen molar-refractivity contribution in [2.24, 2.45) is 0 Å². The van der Waals surface area contributed by atoms with Crippen LogP contribution in [0.5, 0.6) is 0 Å². The molecule has 0 spiro atoms. The Balaban J connectivity index is 1.62. The Labute approximate surface area is 150 Å². The lowest BCUT2D eigenvalue weighted by molar-refractivity contribution is -0.659. The van der Waals surface area contributed by atoms with E-state index >= 15 is 0 Å². The fourth-order valence-corrected chi connectivity index (χ4v) is 4.27. The van der Waals surface area contributed by atoms with Crippen LogP contribution >= 0.6 is 11.3 Å². The second-order valence-corrected chi connectivity index (χ2v) is 6.99. The third-order valence-electron chi connectivity index (χ3n) is 4.09. The summed E-state index contributed by atoms with van der Waals surface area (Å²) < 4.78 is 5.17. The van der Waals surface area contributed by atoms with Gasteiger partial charge in [-0.25, -0.2) is 4.79 Å². The maximum Gasteiger partial charge on any atom is 0.341 e. The summed E-state index contributed by atoms with van der Waals surface area (Å²) in [5.41, 5.74) is 2.68. The summed E-state index contributed by atoms with van der Waals surface area (Å²) in [5, 5.41) is 5.44. The highest BCUT2D eigenvalue weighted by atomic mass is 32.1. The number of nitrogens with one attached hydrogen (secondary N) is 1. The van der Waals surface area contributed by atoms with Gasteiger partial charge in [0.1, 0.15) is 11.5 Å². The van der Waals surface area contributed by atoms with Crippen molar-refractivity contribution in [1.29, 1.82) is 0 Å². The summed E-state index contributed by atoms with van der Waals surface area (Å²) >= 11 is 1.50. The van der Waals surface area contributed by atoms with Crippen LogP contribution in [0.1, 0.15) is 39.7 Å². The van der Waals surface area contributed by atoms with Gasteiger partial charge in [0.15, 0.2) is 6.54 Å². The van der Waals surface area contributed by atoms with Crippen molar-refractivity contribution in [3.63, 3.8) is 0 Å². The van der Waals surface area contributed by atoms with Crippen molar-refractivity contribution in [2.45, 2.75) is 32.7 Å². The Morgan fingerprint density at radius 1 is 1.40 bits per heavy atom. The highest BCUT2D eigenvalue weighted by molar-refractivity contribution is 7.17. The van der Waals surface area contributed by atoms with Crippen molar-refractivity contribution < 1.29 is 19.6 Å². The number of rotatable bonds is 7. The molecule has 1 amide bonds. The van der Waals surface area contributed by atoms with Crippen LogP contribution in [-0.2, 0) is 28.9 Å². The molecule has 6 nitrogen and oxygen atoms in total. The fourth-order valence-electron chi connectivity index (χ4n) is 2.98. The van der Waals surface area contributed by atoms with Gasteiger partial charge < -0.3 is 15.4 Å². The smallest absolute Gasteiger partial charge is 0.341 e. The highest BCUT2D eigenvalue weighted by Crippen LogP contribution is 2.39. The second kappa shape index (κ2) is 8.22. The Morgan fingerprint density at radius 3 is 3.04 bits per heavy atom. The summed E-state index contributed by atoms with van der Waals surface area (Å²) in [5.74, 6) is -0.453. The highest BCUT2D eigenvalue weighted by Gasteiger charge is 2.28. The minimum atomic E-state index is -0.337. The first-order chi connectivity index (χ1) is 12.2. The first-order valence-corrected chi connectivity index (χ1v) is 9.32. The van der Waals surface area contributed by atoms with Gasteiger partial charge in [-0.3, -0.25) is 9.78 Å². The molecule has 2 aromatic rings. The third kappa shape index (κ3) is 4.24. The van der Waals surface area contributed by atoms with E-state index in [2.05, 4.69) is 10.3 Å². The zero-order valence-electron chi connectivity index (χ0n) is 14.2. The van der Waals surface area contributed by atoms with E-state index in [-0.39, 0.29) is 11.9 Å². The van der Waals surface area contributed by atoms with E-state index in [1.165, 1.54) is 16.2 Å². The number of carbonyl (C=O) groups is 2. The lowest BCUT2D eigenvalue weighted by atomic mass is 10.1. The van der Waals surface area contributed by atoms with Crippen molar-refractivity contribution in [2.75, 3.05) is 18.5 Å². The molecule has 1 aliphatic carbocycles. The first-order valence-electron chi connectivity index (χ1n) is 8.51. The predicted molar refractivity (Wildman–Crippen MR) is 95.7 cm³/mol. The Hall–Kier alpha value is -2.25. The zero-order valence-corrected chi connectivity index (χ0v) is 15.0. The molecule has 3 rings (SSSR count). The number of hydrogen-bond acceptors (Lipinski definition) is 5. The average molecular weight is 360 g/mol. The van der Waals surface area contributed by atoms with Gasteiger partial charge in [0.25, 0.3) is 5.91 Å². The molecule has 132 valence electrons. The van der Waals surface area contributed by atoms with Crippen molar-refractivity contribution >= 4 is 28.2 Å². The number of esters is 1. The maximum absolute atomic E-state index is 12.3. The summed E-state index contributed by atoms with van der Waals surface area (Å²) in [6.07, 6.45) is 6.42. The third-order valence-corrected chi connectivity index (χ3v) is 5.29. The van der Waals surface area contributed by atoms with Crippen LogP contribution in [0, 0.1) is 0 Å².